The van der Waals surface area contributed by atoms with Crippen LogP contribution < -0.4 is 5.32 Å². The highest BCUT2D eigenvalue weighted by Crippen LogP contribution is 2.31. The summed E-state index contributed by atoms with van der Waals surface area (Å²) in [5, 5.41) is 2.34. The van der Waals surface area contributed by atoms with Gasteiger partial charge in [0.2, 0.25) is 5.91 Å². The first-order chi connectivity index (χ1) is 6.90. The first-order valence-corrected chi connectivity index (χ1v) is 4.47. The van der Waals surface area contributed by atoms with Gasteiger partial charge in [-0.15, -0.1) is 13.2 Å². The van der Waals surface area contributed by atoms with Gasteiger partial charge in [0.15, 0.2) is 0 Å². The summed E-state index contributed by atoms with van der Waals surface area (Å²) >= 11 is 0. The number of ether oxygens (including phenoxy) is 2. The Labute approximate surface area is 84.7 Å². The van der Waals surface area contributed by atoms with Crippen molar-refractivity contribution in [1.82, 2.24) is 5.32 Å². The Balaban J connectivity index is 2.08. The van der Waals surface area contributed by atoms with E-state index in [4.69, 9.17) is 4.74 Å². The van der Waals surface area contributed by atoms with Gasteiger partial charge in [-0.3, -0.25) is 9.53 Å². The van der Waals surface area contributed by atoms with Gasteiger partial charge in [0, 0.05) is 19.9 Å². The molecule has 7 heteroatoms. The Kier molecular flexibility index (Phi) is 3.92. The Morgan fingerprint density at radius 2 is 2.00 bits per heavy atom. The van der Waals surface area contributed by atoms with Crippen molar-refractivity contribution < 1.29 is 27.4 Å². The molecule has 1 aliphatic rings. The summed E-state index contributed by atoms with van der Waals surface area (Å²) in [6, 6.07) is 0. The summed E-state index contributed by atoms with van der Waals surface area (Å²) in [5.74, 6) is -0.296. The van der Waals surface area contributed by atoms with Gasteiger partial charge in [-0.05, 0) is 0 Å². The number of carbonyl (C=O) groups excluding carboxylic acids is 1. The molecular formula is C8H12F3NO3. The molecule has 0 aromatic rings. The van der Waals surface area contributed by atoms with E-state index in [1.165, 1.54) is 7.05 Å². The highest BCUT2D eigenvalue weighted by molar-refractivity contribution is 5.76. The Morgan fingerprint density at radius 3 is 2.47 bits per heavy atom. The average Bonchev–Trinajstić information content (AvgIpc) is 2.06. The number of halogens is 3. The third-order valence-electron chi connectivity index (χ3n) is 2.08. The van der Waals surface area contributed by atoms with E-state index in [1.807, 2.05) is 0 Å². The predicted molar refractivity (Wildman–Crippen MR) is 44.0 cm³/mol. The second kappa shape index (κ2) is 4.80. The molecule has 0 heterocycles. The van der Waals surface area contributed by atoms with Crippen LogP contribution in [0.3, 0.4) is 0 Å². The molecule has 0 unspecified atom stereocenters. The van der Waals surface area contributed by atoms with E-state index in [0.717, 1.165) is 0 Å². The largest absolute Gasteiger partial charge is 0.522 e. The zero-order valence-electron chi connectivity index (χ0n) is 8.13. The van der Waals surface area contributed by atoms with Gasteiger partial charge in [-0.25, -0.2) is 0 Å². The van der Waals surface area contributed by atoms with Crippen LogP contribution in [0, 0.1) is 0 Å². The zero-order valence-corrected chi connectivity index (χ0v) is 8.13. The molecule has 15 heavy (non-hydrogen) atoms. The standard InChI is InChI=1S/C8H12F3NO3/c1-12-7(13)4-14-5-2-6(3-5)15-8(9,10)11/h5-6H,2-4H2,1H3,(H,12,13). The summed E-state index contributed by atoms with van der Waals surface area (Å²) < 4.78 is 43.9. The van der Waals surface area contributed by atoms with Gasteiger partial charge in [0.25, 0.3) is 0 Å². The van der Waals surface area contributed by atoms with Crippen molar-refractivity contribution in [3.05, 3.63) is 0 Å². The quantitative estimate of drug-likeness (QED) is 0.773. The van der Waals surface area contributed by atoms with Crippen LogP contribution in [0.15, 0.2) is 0 Å². The fourth-order valence-corrected chi connectivity index (χ4v) is 1.20. The van der Waals surface area contributed by atoms with Crippen molar-refractivity contribution in [3.63, 3.8) is 0 Å². The molecule has 1 N–H and O–H groups in total. The van der Waals surface area contributed by atoms with Crippen molar-refractivity contribution in [3.8, 4) is 0 Å². The van der Waals surface area contributed by atoms with Gasteiger partial charge in [-0.2, -0.15) is 0 Å². The summed E-state index contributed by atoms with van der Waals surface area (Å²) in [7, 11) is 1.46. The molecule has 0 bridgehead atoms. The molecule has 0 aromatic heterocycles. The summed E-state index contributed by atoms with van der Waals surface area (Å²) in [6.45, 7) is -0.125. The van der Waals surface area contributed by atoms with Crippen LogP contribution >= 0.6 is 0 Å². The number of alkyl halides is 3. The van der Waals surface area contributed by atoms with Gasteiger partial charge in [0.1, 0.15) is 6.61 Å². The predicted octanol–water partition coefficient (Wildman–Crippen LogP) is 0.816. The maximum absolute atomic E-state index is 11.7. The van der Waals surface area contributed by atoms with E-state index in [1.54, 1.807) is 0 Å². The minimum atomic E-state index is -4.59. The van der Waals surface area contributed by atoms with Gasteiger partial charge >= 0.3 is 6.36 Å². The number of hydrogen-bond acceptors (Lipinski definition) is 3. The molecule has 0 aliphatic heterocycles. The minimum Gasteiger partial charge on any atom is -0.368 e. The van der Waals surface area contributed by atoms with Crippen LogP contribution in [0.1, 0.15) is 12.8 Å². The van der Waals surface area contributed by atoms with Crippen LogP contribution in [0.25, 0.3) is 0 Å². The number of rotatable bonds is 4. The van der Waals surface area contributed by atoms with Crippen LogP contribution in [0.2, 0.25) is 0 Å². The van der Waals surface area contributed by atoms with E-state index in [2.05, 4.69) is 10.1 Å². The molecule has 1 aliphatic carbocycles. The molecule has 1 amide bonds. The number of hydrogen-bond donors (Lipinski definition) is 1. The fraction of sp³-hybridized carbons (Fsp3) is 0.875. The maximum Gasteiger partial charge on any atom is 0.522 e. The third-order valence-corrected chi connectivity index (χ3v) is 2.08. The van der Waals surface area contributed by atoms with E-state index < -0.39 is 12.5 Å². The maximum atomic E-state index is 11.7. The monoisotopic (exact) mass is 227 g/mol. The molecule has 0 atom stereocenters. The smallest absolute Gasteiger partial charge is 0.368 e. The zero-order chi connectivity index (χ0) is 11.5. The number of likely N-dealkylation sites (N-methyl/N-ethyl adjacent to an activating group) is 1. The summed E-state index contributed by atoms with van der Waals surface area (Å²) in [4.78, 5) is 10.7. The third kappa shape index (κ3) is 4.48. The average molecular weight is 227 g/mol. The Bertz CT molecular complexity index is 226. The van der Waals surface area contributed by atoms with Crippen molar-refractivity contribution in [2.24, 2.45) is 0 Å². The highest BCUT2D eigenvalue weighted by atomic mass is 19.4. The molecule has 0 spiro atoms. The molecule has 88 valence electrons. The molecule has 1 rings (SSSR count). The Hall–Kier alpha value is -0.820. The molecule has 1 fully saturated rings. The van der Waals surface area contributed by atoms with E-state index in [9.17, 15) is 18.0 Å². The lowest BCUT2D eigenvalue weighted by Crippen LogP contribution is -2.42. The minimum absolute atomic E-state index is 0.125. The van der Waals surface area contributed by atoms with Gasteiger partial charge in [-0.1, -0.05) is 0 Å². The molecule has 0 radical (unpaired) electrons. The lowest BCUT2D eigenvalue weighted by atomic mass is 9.92. The molecule has 4 nitrogen and oxygen atoms in total. The fourth-order valence-electron chi connectivity index (χ4n) is 1.20. The SMILES string of the molecule is CNC(=O)COC1CC(OC(F)(F)F)C1. The molecule has 1 saturated carbocycles. The summed E-state index contributed by atoms with van der Waals surface area (Å²) in [5.41, 5.74) is 0. The number of amides is 1. The van der Waals surface area contributed by atoms with E-state index in [0.29, 0.717) is 0 Å². The molecule has 0 saturated heterocycles. The van der Waals surface area contributed by atoms with Crippen molar-refractivity contribution in [2.45, 2.75) is 31.4 Å². The Morgan fingerprint density at radius 1 is 1.40 bits per heavy atom. The highest BCUT2D eigenvalue weighted by Gasteiger charge is 2.40. The summed E-state index contributed by atoms with van der Waals surface area (Å²) in [6.07, 6.45) is -5.38. The number of carbonyl (C=O) groups is 1. The van der Waals surface area contributed by atoms with E-state index in [-0.39, 0.29) is 31.5 Å². The second-order valence-corrected chi connectivity index (χ2v) is 3.26. The molecular weight excluding hydrogens is 215 g/mol. The first kappa shape index (κ1) is 12.3. The van der Waals surface area contributed by atoms with Crippen LogP contribution in [0.4, 0.5) is 13.2 Å². The first-order valence-electron chi connectivity index (χ1n) is 4.47. The van der Waals surface area contributed by atoms with Gasteiger partial charge in [0.05, 0.1) is 12.2 Å². The van der Waals surface area contributed by atoms with Crippen LogP contribution in [0.5, 0.6) is 0 Å². The number of nitrogens with one attached hydrogen (secondary N) is 1. The van der Waals surface area contributed by atoms with Crippen molar-refractivity contribution >= 4 is 5.91 Å². The second-order valence-electron chi connectivity index (χ2n) is 3.26. The van der Waals surface area contributed by atoms with Crippen LogP contribution in [-0.2, 0) is 14.3 Å². The normalized spacial score (nSPS) is 25.9. The van der Waals surface area contributed by atoms with Crippen LogP contribution in [-0.4, -0.2) is 38.1 Å². The van der Waals surface area contributed by atoms with Crippen molar-refractivity contribution in [2.75, 3.05) is 13.7 Å². The van der Waals surface area contributed by atoms with Gasteiger partial charge < -0.3 is 10.1 Å². The van der Waals surface area contributed by atoms with Crippen molar-refractivity contribution in [1.29, 1.82) is 0 Å². The molecule has 0 aromatic carbocycles. The lowest BCUT2D eigenvalue weighted by Gasteiger charge is -2.34. The topological polar surface area (TPSA) is 47.6 Å². The van der Waals surface area contributed by atoms with E-state index >= 15 is 0 Å². The lowest BCUT2D eigenvalue weighted by molar-refractivity contribution is -0.357.